The summed E-state index contributed by atoms with van der Waals surface area (Å²) in [7, 11) is 0. The number of benzene rings is 1. The van der Waals surface area contributed by atoms with E-state index in [-0.39, 0.29) is 0 Å². The average Bonchev–Trinajstić information content (AvgIpc) is 3.02. The summed E-state index contributed by atoms with van der Waals surface area (Å²) in [4.78, 5) is 4.28. The molecule has 2 aromatic heterocycles. The summed E-state index contributed by atoms with van der Waals surface area (Å²) >= 11 is 13.6. The molecule has 0 bridgehead atoms. The number of halogens is 2. The molecule has 0 spiro atoms. The predicted molar refractivity (Wildman–Crippen MR) is 88.9 cm³/mol. The van der Waals surface area contributed by atoms with Crippen molar-refractivity contribution >= 4 is 45.6 Å². The maximum absolute atomic E-state index is 6.29. The van der Waals surface area contributed by atoms with Crippen molar-refractivity contribution in [3.05, 3.63) is 45.0 Å². The third-order valence-corrected chi connectivity index (χ3v) is 4.77. The summed E-state index contributed by atoms with van der Waals surface area (Å²) in [5, 5.41) is 2.31. The normalized spacial score (nSPS) is 11.5. The molecule has 0 saturated heterocycles. The molecule has 0 atom stereocenters. The zero-order chi connectivity index (χ0) is 15.0. The Morgan fingerprint density at radius 3 is 2.71 bits per heavy atom. The van der Waals surface area contributed by atoms with Crippen LogP contribution in [0.3, 0.4) is 0 Å². The quantitative estimate of drug-likeness (QED) is 0.667. The number of H-pyrrole nitrogens is 1. The van der Waals surface area contributed by atoms with Gasteiger partial charge >= 0.3 is 0 Å². The molecule has 110 valence electrons. The summed E-state index contributed by atoms with van der Waals surface area (Å²) in [6.45, 7) is 4.66. The van der Waals surface area contributed by atoms with E-state index in [0.717, 1.165) is 15.8 Å². The third-order valence-electron chi connectivity index (χ3n) is 3.27. The van der Waals surface area contributed by atoms with Crippen LogP contribution in [0.1, 0.15) is 30.3 Å². The Hall–Kier alpha value is -1.23. The Balaban J connectivity index is 1.88. The molecule has 3 nitrogen and oxygen atoms in total. The van der Waals surface area contributed by atoms with Crippen molar-refractivity contribution in [2.24, 2.45) is 0 Å². The molecule has 21 heavy (non-hydrogen) atoms. The fourth-order valence-electron chi connectivity index (χ4n) is 2.07. The SMILES string of the molecule is CC(C)c1cc2cc(Cl)c(OCc3sncc3Cl)cc2[nH]1. The highest BCUT2D eigenvalue weighted by molar-refractivity contribution is 7.06. The number of nitrogens with zero attached hydrogens (tertiary/aromatic N) is 1. The second kappa shape index (κ2) is 5.87. The van der Waals surface area contributed by atoms with Gasteiger partial charge in [-0.05, 0) is 29.6 Å². The molecule has 0 unspecified atom stereocenters. The van der Waals surface area contributed by atoms with Crippen molar-refractivity contribution in [2.75, 3.05) is 0 Å². The molecule has 0 fully saturated rings. The molecule has 1 aromatic carbocycles. The van der Waals surface area contributed by atoms with Gasteiger partial charge in [-0.3, -0.25) is 0 Å². The van der Waals surface area contributed by atoms with Gasteiger partial charge in [0, 0.05) is 22.7 Å². The van der Waals surface area contributed by atoms with Crippen LogP contribution in [0.4, 0.5) is 0 Å². The number of nitrogens with one attached hydrogen (secondary N) is 1. The summed E-state index contributed by atoms with van der Waals surface area (Å²) in [6.07, 6.45) is 1.62. The number of aromatic amines is 1. The van der Waals surface area contributed by atoms with Gasteiger partial charge in [0.25, 0.3) is 0 Å². The minimum absolute atomic E-state index is 0.368. The van der Waals surface area contributed by atoms with E-state index in [2.05, 4.69) is 29.3 Å². The Bertz CT molecular complexity index is 779. The molecule has 3 rings (SSSR count). The second-order valence-electron chi connectivity index (χ2n) is 5.13. The standard InChI is InChI=1S/C15H14Cl2N2OS/c1-8(2)12-4-9-3-10(16)14(5-13(9)19-12)20-7-15-11(17)6-18-21-15/h3-6,8,19H,7H2,1-2H3. The lowest BCUT2D eigenvalue weighted by Gasteiger charge is -2.07. The molecule has 0 radical (unpaired) electrons. The van der Waals surface area contributed by atoms with Crippen molar-refractivity contribution in [3.8, 4) is 5.75 Å². The molecule has 0 aliphatic rings. The van der Waals surface area contributed by atoms with Crippen molar-refractivity contribution < 1.29 is 4.74 Å². The van der Waals surface area contributed by atoms with Gasteiger partial charge in [-0.1, -0.05) is 37.0 Å². The molecule has 0 aliphatic heterocycles. The number of aromatic nitrogens is 2. The smallest absolute Gasteiger partial charge is 0.140 e. The number of ether oxygens (including phenoxy) is 1. The monoisotopic (exact) mass is 340 g/mol. The highest BCUT2D eigenvalue weighted by atomic mass is 35.5. The number of hydrogen-bond donors (Lipinski definition) is 1. The van der Waals surface area contributed by atoms with E-state index in [9.17, 15) is 0 Å². The van der Waals surface area contributed by atoms with Crippen molar-refractivity contribution in [1.82, 2.24) is 9.36 Å². The Labute approximate surface area is 137 Å². The van der Waals surface area contributed by atoms with Crippen molar-refractivity contribution in [1.29, 1.82) is 0 Å². The topological polar surface area (TPSA) is 37.9 Å². The van der Waals surface area contributed by atoms with Gasteiger partial charge in [0.05, 0.1) is 21.1 Å². The van der Waals surface area contributed by atoms with Gasteiger partial charge in [0.1, 0.15) is 12.4 Å². The molecule has 0 saturated carbocycles. The molecule has 3 aromatic rings. The van der Waals surface area contributed by atoms with Gasteiger partial charge in [-0.15, -0.1) is 0 Å². The van der Waals surface area contributed by atoms with E-state index in [1.165, 1.54) is 17.2 Å². The molecule has 0 aliphatic carbocycles. The maximum atomic E-state index is 6.29. The first kappa shape index (κ1) is 14.7. The third kappa shape index (κ3) is 3.03. The first-order valence-electron chi connectivity index (χ1n) is 6.58. The lowest BCUT2D eigenvalue weighted by Crippen LogP contribution is -1.94. The van der Waals surface area contributed by atoms with Gasteiger partial charge in [0.2, 0.25) is 0 Å². The minimum Gasteiger partial charge on any atom is -0.486 e. The minimum atomic E-state index is 0.368. The van der Waals surface area contributed by atoms with E-state index in [1.807, 2.05) is 12.1 Å². The number of rotatable bonds is 4. The van der Waals surface area contributed by atoms with Gasteiger partial charge < -0.3 is 9.72 Å². The maximum Gasteiger partial charge on any atom is 0.140 e. The summed E-state index contributed by atoms with van der Waals surface area (Å²) in [5.41, 5.74) is 2.21. The second-order valence-corrected chi connectivity index (χ2v) is 6.84. The van der Waals surface area contributed by atoms with Crippen LogP contribution in [0.5, 0.6) is 5.75 Å². The first-order valence-corrected chi connectivity index (χ1v) is 8.11. The van der Waals surface area contributed by atoms with Crippen LogP contribution in [0.15, 0.2) is 24.4 Å². The summed E-state index contributed by atoms with van der Waals surface area (Å²) < 4.78 is 9.79. The molecule has 0 amide bonds. The van der Waals surface area contributed by atoms with Crippen LogP contribution in [0, 0.1) is 0 Å². The highest BCUT2D eigenvalue weighted by Crippen LogP contribution is 2.33. The molecule has 2 heterocycles. The van der Waals surface area contributed by atoms with Gasteiger partial charge in [0.15, 0.2) is 0 Å². The van der Waals surface area contributed by atoms with E-state index in [4.69, 9.17) is 27.9 Å². The lowest BCUT2D eigenvalue weighted by molar-refractivity contribution is 0.310. The van der Waals surface area contributed by atoms with Crippen LogP contribution in [0.2, 0.25) is 10.0 Å². The van der Waals surface area contributed by atoms with Crippen LogP contribution in [-0.4, -0.2) is 9.36 Å². The molecule has 1 N–H and O–H groups in total. The Morgan fingerprint density at radius 2 is 2.05 bits per heavy atom. The Kier molecular flexibility index (Phi) is 4.11. The largest absolute Gasteiger partial charge is 0.486 e. The number of hydrogen-bond acceptors (Lipinski definition) is 3. The summed E-state index contributed by atoms with van der Waals surface area (Å²) in [6, 6.07) is 5.97. The van der Waals surface area contributed by atoms with Crippen LogP contribution < -0.4 is 4.74 Å². The van der Waals surface area contributed by atoms with E-state index in [0.29, 0.717) is 28.3 Å². The fraction of sp³-hybridized carbons (Fsp3) is 0.267. The molecule has 6 heteroatoms. The zero-order valence-electron chi connectivity index (χ0n) is 11.6. The van der Waals surface area contributed by atoms with E-state index < -0.39 is 0 Å². The van der Waals surface area contributed by atoms with E-state index >= 15 is 0 Å². The highest BCUT2D eigenvalue weighted by Gasteiger charge is 2.11. The lowest BCUT2D eigenvalue weighted by atomic mass is 10.1. The first-order chi connectivity index (χ1) is 10.0. The average molecular weight is 341 g/mol. The zero-order valence-corrected chi connectivity index (χ0v) is 13.9. The van der Waals surface area contributed by atoms with E-state index in [1.54, 1.807) is 6.20 Å². The van der Waals surface area contributed by atoms with Crippen LogP contribution in [0.25, 0.3) is 10.9 Å². The predicted octanol–water partition coefficient (Wildman–Crippen LogP) is 5.63. The van der Waals surface area contributed by atoms with Crippen molar-refractivity contribution in [3.63, 3.8) is 0 Å². The fourth-order valence-corrected chi connectivity index (χ4v) is 3.10. The van der Waals surface area contributed by atoms with Gasteiger partial charge in [-0.2, -0.15) is 4.37 Å². The van der Waals surface area contributed by atoms with Crippen LogP contribution in [-0.2, 0) is 6.61 Å². The Morgan fingerprint density at radius 1 is 1.24 bits per heavy atom. The molecular formula is C15H14Cl2N2OS. The summed E-state index contributed by atoms with van der Waals surface area (Å²) in [5.74, 6) is 1.09. The molecular weight excluding hydrogens is 327 g/mol. The van der Waals surface area contributed by atoms with Gasteiger partial charge in [-0.25, -0.2) is 0 Å². The van der Waals surface area contributed by atoms with Crippen molar-refractivity contribution in [2.45, 2.75) is 26.4 Å². The number of fused-ring (bicyclic) bond motifs is 1. The van der Waals surface area contributed by atoms with Crippen LogP contribution >= 0.6 is 34.7 Å².